The molecule has 0 atom stereocenters. The van der Waals surface area contributed by atoms with Gasteiger partial charge in [-0.05, 0) is 59.5 Å². The lowest BCUT2D eigenvalue weighted by atomic mass is 10.1. The molecular weight excluding hydrogens is 322 g/mol. The van der Waals surface area contributed by atoms with Crippen molar-refractivity contribution in [1.29, 1.82) is 0 Å². The first-order valence-electron chi connectivity index (χ1n) is 7.12. The van der Waals surface area contributed by atoms with Gasteiger partial charge in [-0.1, -0.05) is 52.3 Å². The maximum absolute atomic E-state index is 3.61. The number of benzene rings is 3. The Bertz CT molecular complexity index is 769. The molecule has 0 aliphatic heterocycles. The van der Waals surface area contributed by atoms with Gasteiger partial charge in [0.1, 0.15) is 0 Å². The van der Waals surface area contributed by atoms with Gasteiger partial charge >= 0.3 is 0 Å². The van der Waals surface area contributed by atoms with Gasteiger partial charge in [0, 0.05) is 16.7 Å². The van der Waals surface area contributed by atoms with Crippen molar-refractivity contribution in [2.75, 3.05) is 5.32 Å². The minimum absolute atomic E-state index is 0.839. The molecule has 0 radical (unpaired) electrons. The van der Waals surface area contributed by atoms with Crippen LogP contribution < -0.4 is 5.32 Å². The molecule has 0 amide bonds. The maximum atomic E-state index is 3.61. The number of fused-ring (bicyclic) bond motifs is 1. The van der Waals surface area contributed by atoms with Gasteiger partial charge in [0.15, 0.2) is 0 Å². The predicted molar refractivity (Wildman–Crippen MR) is 94.9 cm³/mol. The Morgan fingerprint density at radius 3 is 2.24 bits per heavy atom. The highest BCUT2D eigenvalue weighted by Crippen LogP contribution is 2.25. The summed E-state index contributed by atoms with van der Waals surface area (Å²) in [7, 11) is 0. The number of nitrogens with one attached hydrogen (secondary N) is 1. The highest BCUT2D eigenvalue weighted by Gasteiger charge is 2.02. The lowest BCUT2D eigenvalue weighted by Crippen LogP contribution is -2.00. The molecule has 0 aromatic heterocycles. The Labute approximate surface area is 134 Å². The van der Waals surface area contributed by atoms with Crippen LogP contribution in [0, 0.1) is 13.8 Å². The van der Waals surface area contributed by atoms with Gasteiger partial charge in [0.25, 0.3) is 0 Å². The third kappa shape index (κ3) is 3.11. The van der Waals surface area contributed by atoms with Crippen molar-refractivity contribution < 1.29 is 0 Å². The van der Waals surface area contributed by atoms with Gasteiger partial charge in [-0.25, -0.2) is 0 Å². The number of anilines is 1. The normalized spacial score (nSPS) is 10.8. The molecule has 2 heteroatoms. The van der Waals surface area contributed by atoms with Crippen molar-refractivity contribution in [2.45, 2.75) is 20.4 Å². The minimum Gasteiger partial charge on any atom is -0.381 e. The average molecular weight is 340 g/mol. The van der Waals surface area contributed by atoms with E-state index in [4.69, 9.17) is 0 Å². The third-order valence-corrected chi connectivity index (χ3v) is 5.00. The van der Waals surface area contributed by atoms with E-state index in [1.807, 2.05) is 0 Å². The SMILES string of the molecule is Cc1cc(NCc2ccc3ccccc3c2)cc(C)c1Br. The topological polar surface area (TPSA) is 12.0 Å². The minimum atomic E-state index is 0.839. The van der Waals surface area contributed by atoms with Gasteiger partial charge in [-0.3, -0.25) is 0 Å². The van der Waals surface area contributed by atoms with E-state index in [2.05, 4.69) is 89.7 Å². The number of aryl methyl sites for hydroxylation is 2. The van der Waals surface area contributed by atoms with Gasteiger partial charge in [-0.2, -0.15) is 0 Å². The number of rotatable bonds is 3. The van der Waals surface area contributed by atoms with E-state index in [0.29, 0.717) is 0 Å². The standard InChI is InChI=1S/C19H18BrN/c1-13-9-18(10-14(2)19(13)20)21-12-15-7-8-16-5-3-4-6-17(16)11-15/h3-11,21H,12H2,1-2H3. The molecular formula is C19H18BrN. The largest absolute Gasteiger partial charge is 0.381 e. The molecule has 0 saturated carbocycles. The summed E-state index contributed by atoms with van der Waals surface area (Å²) in [5.41, 5.74) is 4.99. The Morgan fingerprint density at radius 1 is 0.857 bits per heavy atom. The maximum Gasteiger partial charge on any atom is 0.0401 e. The van der Waals surface area contributed by atoms with Crippen LogP contribution in [0.15, 0.2) is 59.1 Å². The first-order chi connectivity index (χ1) is 10.1. The summed E-state index contributed by atoms with van der Waals surface area (Å²) in [5, 5.41) is 6.09. The molecule has 3 aromatic carbocycles. The summed E-state index contributed by atoms with van der Waals surface area (Å²) < 4.78 is 1.19. The van der Waals surface area contributed by atoms with Crippen LogP contribution in [0.4, 0.5) is 5.69 Å². The van der Waals surface area contributed by atoms with Crippen LogP contribution in [0.1, 0.15) is 16.7 Å². The van der Waals surface area contributed by atoms with Crippen LogP contribution in [0.2, 0.25) is 0 Å². The number of hydrogen-bond donors (Lipinski definition) is 1. The smallest absolute Gasteiger partial charge is 0.0401 e. The molecule has 0 aliphatic rings. The van der Waals surface area contributed by atoms with Crippen molar-refractivity contribution >= 4 is 32.4 Å². The second-order valence-electron chi connectivity index (χ2n) is 5.46. The Kier molecular flexibility index (Phi) is 3.98. The fourth-order valence-electron chi connectivity index (χ4n) is 2.60. The molecule has 0 unspecified atom stereocenters. The van der Waals surface area contributed by atoms with E-state index >= 15 is 0 Å². The van der Waals surface area contributed by atoms with Crippen molar-refractivity contribution in [3.63, 3.8) is 0 Å². The van der Waals surface area contributed by atoms with E-state index in [1.54, 1.807) is 0 Å². The van der Waals surface area contributed by atoms with Crippen LogP contribution in [0.3, 0.4) is 0 Å². The second-order valence-corrected chi connectivity index (χ2v) is 6.25. The molecule has 0 bridgehead atoms. The van der Waals surface area contributed by atoms with Crippen LogP contribution in [0.25, 0.3) is 10.8 Å². The number of halogens is 1. The average Bonchev–Trinajstić information content (AvgIpc) is 2.50. The number of hydrogen-bond acceptors (Lipinski definition) is 1. The van der Waals surface area contributed by atoms with Crippen molar-refractivity contribution in [3.8, 4) is 0 Å². The molecule has 0 heterocycles. The van der Waals surface area contributed by atoms with Gasteiger partial charge in [0.05, 0.1) is 0 Å². The van der Waals surface area contributed by atoms with Gasteiger partial charge < -0.3 is 5.32 Å². The van der Waals surface area contributed by atoms with Crippen LogP contribution in [-0.4, -0.2) is 0 Å². The highest BCUT2D eigenvalue weighted by atomic mass is 79.9. The molecule has 21 heavy (non-hydrogen) atoms. The van der Waals surface area contributed by atoms with E-state index < -0.39 is 0 Å². The van der Waals surface area contributed by atoms with E-state index in [1.165, 1.54) is 37.6 Å². The van der Waals surface area contributed by atoms with Crippen molar-refractivity contribution in [1.82, 2.24) is 0 Å². The van der Waals surface area contributed by atoms with Crippen LogP contribution >= 0.6 is 15.9 Å². The molecule has 1 nitrogen and oxygen atoms in total. The van der Waals surface area contributed by atoms with Gasteiger partial charge in [0.2, 0.25) is 0 Å². The Balaban J connectivity index is 1.80. The van der Waals surface area contributed by atoms with Gasteiger partial charge in [-0.15, -0.1) is 0 Å². The predicted octanol–water partition coefficient (Wildman–Crippen LogP) is 5.83. The lowest BCUT2D eigenvalue weighted by molar-refractivity contribution is 1.15. The highest BCUT2D eigenvalue weighted by molar-refractivity contribution is 9.10. The van der Waals surface area contributed by atoms with E-state index in [9.17, 15) is 0 Å². The summed E-state index contributed by atoms with van der Waals surface area (Å²) in [4.78, 5) is 0. The fraction of sp³-hybridized carbons (Fsp3) is 0.158. The summed E-state index contributed by atoms with van der Waals surface area (Å²) in [5.74, 6) is 0. The monoisotopic (exact) mass is 339 g/mol. The summed E-state index contributed by atoms with van der Waals surface area (Å²) >= 11 is 3.61. The van der Waals surface area contributed by atoms with Crippen molar-refractivity contribution in [2.24, 2.45) is 0 Å². The molecule has 106 valence electrons. The zero-order valence-corrected chi connectivity index (χ0v) is 13.9. The summed E-state index contributed by atoms with van der Waals surface area (Å²) in [6, 6.07) is 19.4. The molecule has 0 aliphatic carbocycles. The van der Waals surface area contributed by atoms with Crippen LogP contribution in [0.5, 0.6) is 0 Å². The molecule has 1 N–H and O–H groups in total. The molecule has 3 rings (SSSR count). The zero-order valence-electron chi connectivity index (χ0n) is 12.3. The molecule has 0 fully saturated rings. The summed E-state index contributed by atoms with van der Waals surface area (Å²) in [6.45, 7) is 5.09. The second kappa shape index (κ2) is 5.90. The Morgan fingerprint density at radius 2 is 1.52 bits per heavy atom. The molecule has 3 aromatic rings. The van der Waals surface area contributed by atoms with Crippen LogP contribution in [-0.2, 0) is 6.54 Å². The molecule has 0 saturated heterocycles. The molecule has 0 spiro atoms. The fourth-order valence-corrected chi connectivity index (χ4v) is 2.83. The Hall–Kier alpha value is -1.80. The third-order valence-electron chi connectivity index (χ3n) is 3.75. The lowest BCUT2D eigenvalue weighted by Gasteiger charge is -2.11. The first kappa shape index (κ1) is 14.2. The zero-order chi connectivity index (χ0) is 14.8. The van der Waals surface area contributed by atoms with E-state index in [-0.39, 0.29) is 0 Å². The van der Waals surface area contributed by atoms with E-state index in [0.717, 1.165) is 6.54 Å². The van der Waals surface area contributed by atoms with Crippen molar-refractivity contribution in [3.05, 3.63) is 75.8 Å². The first-order valence-corrected chi connectivity index (χ1v) is 7.91. The quantitative estimate of drug-likeness (QED) is 0.632. The summed E-state index contributed by atoms with van der Waals surface area (Å²) in [6.07, 6.45) is 0.